The van der Waals surface area contributed by atoms with E-state index in [1.807, 2.05) is 30.3 Å². The average Bonchev–Trinajstić information content (AvgIpc) is 2.82. The van der Waals surface area contributed by atoms with Crippen LogP contribution in [-0.4, -0.2) is 20.2 Å². The highest BCUT2D eigenvalue weighted by molar-refractivity contribution is 7.80. The van der Waals surface area contributed by atoms with Gasteiger partial charge in [0.25, 0.3) is 0 Å². The molecule has 2 aromatic heterocycles. The lowest BCUT2D eigenvalue weighted by Crippen LogP contribution is -2.01. The molecule has 0 aliphatic heterocycles. The second-order valence-corrected chi connectivity index (χ2v) is 4.77. The fraction of sp³-hybridized carbons (Fsp3) is 0. The maximum atomic E-state index is 10.2. The van der Waals surface area contributed by atoms with Crippen molar-refractivity contribution in [3.63, 3.8) is 0 Å². The van der Waals surface area contributed by atoms with Crippen molar-refractivity contribution in [2.45, 2.75) is 0 Å². The van der Waals surface area contributed by atoms with Crippen molar-refractivity contribution in [2.75, 3.05) is 0 Å². The maximum Gasteiger partial charge on any atom is 0.211 e. The smallest absolute Gasteiger partial charge is 0.211 e. The molecule has 0 aliphatic carbocycles. The van der Waals surface area contributed by atoms with E-state index in [0.29, 0.717) is 5.39 Å². The normalized spacial score (nSPS) is 11.2. The van der Waals surface area contributed by atoms with Gasteiger partial charge in [-0.2, -0.15) is 0 Å². The quantitative estimate of drug-likeness (QED) is 0.499. The SMILES string of the molecule is NC(=S)N=Nc1[nH]c2ccc(-c3ccncc3)cc2c1O. The molecule has 21 heavy (non-hydrogen) atoms. The molecule has 0 unspecified atom stereocenters. The molecule has 2 heterocycles. The molecule has 0 saturated heterocycles. The number of pyridine rings is 1. The van der Waals surface area contributed by atoms with E-state index < -0.39 is 0 Å². The van der Waals surface area contributed by atoms with Crippen LogP contribution in [-0.2, 0) is 0 Å². The molecule has 0 saturated carbocycles. The fourth-order valence-electron chi connectivity index (χ4n) is 2.06. The van der Waals surface area contributed by atoms with E-state index >= 15 is 0 Å². The number of aromatic hydroxyl groups is 1. The molecule has 0 bridgehead atoms. The van der Waals surface area contributed by atoms with Gasteiger partial charge in [-0.1, -0.05) is 6.07 Å². The second-order valence-electron chi connectivity index (χ2n) is 4.36. The van der Waals surface area contributed by atoms with Gasteiger partial charge >= 0.3 is 0 Å². The minimum atomic E-state index is -0.0921. The lowest BCUT2D eigenvalue weighted by molar-refractivity contribution is 0.482. The zero-order valence-corrected chi connectivity index (χ0v) is 11.6. The number of nitrogens with one attached hydrogen (secondary N) is 1. The van der Waals surface area contributed by atoms with Crippen LogP contribution in [0.5, 0.6) is 5.75 Å². The highest BCUT2D eigenvalue weighted by Crippen LogP contribution is 2.37. The van der Waals surface area contributed by atoms with Crippen LogP contribution in [0.25, 0.3) is 22.0 Å². The fourth-order valence-corrected chi connectivity index (χ4v) is 2.10. The Morgan fingerprint density at radius 3 is 2.67 bits per heavy atom. The summed E-state index contributed by atoms with van der Waals surface area (Å²) in [5.74, 6) is 0.241. The van der Waals surface area contributed by atoms with E-state index in [1.54, 1.807) is 12.4 Å². The number of rotatable bonds is 2. The van der Waals surface area contributed by atoms with E-state index in [-0.39, 0.29) is 16.7 Å². The molecule has 3 aromatic rings. The van der Waals surface area contributed by atoms with Crippen LogP contribution in [0.15, 0.2) is 53.0 Å². The molecule has 7 heteroatoms. The highest BCUT2D eigenvalue weighted by atomic mass is 32.1. The van der Waals surface area contributed by atoms with E-state index in [9.17, 15) is 5.11 Å². The van der Waals surface area contributed by atoms with Gasteiger partial charge in [0.05, 0.1) is 5.52 Å². The lowest BCUT2D eigenvalue weighted by Gasteiger charge is -2.01. The number of azo groups is 1. The number of aromatic amines is 1. The van der Waals surface area contributed by atoms with E-state index in [2.05, 4.69) is 32.4 Å². The number of benzene rings is 1. The third-order valence-electron chi connectivity index (χ3n) is 3.01. The van der Waals surface area contributed by atoms with Crippen LogP contribution in [0.4, 0.5) is 5.82 Å². The molecule has 4 N–H and O–H groups in total. The summed E-state index contributed by atoms with van der Waals surface area (Å²) in [4.78, 5) is 6.95. The van der Waals surface area contributed by atoms with Crippen molar-refractivity contribution in [1.29, 1.82) is 0 Å². The largest absolute Gasteiger partial charge is 0.504 e. The molecular weight excluding hydrogens is 286 g/mol. The zero-order chi connectivity index (χ0) is 14.8. The first-order valence-electron chi connectivity index (χ1n) is 6.11. The molecule has 104 valence electrons. The van der Waals surface area contributed by atoms with Gasteiger partial charge in [0.1, 0.15) is 0 Å². The standard InChI is InChI=1S/C14H11N5OS/c15-14(21)19-18-13-12(20)10-7-9(1-2-11(10)17-13)8-3-5-16-6-4-8/h1-7,17,20H,(H2,15,21). The Hall–Kier alpha value is -2.80. The van der Waals surface area contributed by atoms with E-state index in [0.717, 1.165) is 16.6 Å². The van der Waals surface area contributed by atoms with Crippen molar-refractivity contribution < 1.29 is 5.11 Å². The third kappa shape index (κ3) is 2.59. The zero-order valence-electron chi connectivity index (χ0n) is 10.8. The van der Waals surface area contributed by atoms with Gasteiger partial charge in [-0.3, -0.25) is 4.98 Å². The maximum absolute atomic E-state index is 10.2. The van der Waals surface area contributed by atoms with Crippen LogP contribution < -0.4 is 5.73 Å². The minimum Gasteiger partial charge on any atom is -0.504 e. The number of nitrogens with two attached hydrogens (primary N) is 1. The summed E-state index contributed by atoms with van der Waals surface area (Å²) < 4.78 is 0. The number of fused-ring (bicyclic) bond motifs is 1. The number of hydrogen-bond donors (Lipinski definition) is 3. The molecular formula is C14H11N5OS. The second kappa shape index (κ2) is 5.29. The molecule has 0 radical (unpaired) electrons. The minimum absolute atomic E-state index is 0.0147. The summed E-state index contributed by atoms with van der Waals surface area (Å²) in [5, 5.41) is 18.1. The van der Waals surface area contributed by atoms with Crippen molar-refractivity contribution in [3.8, 4) is 16.9 Å². The Bertz CT molecular complexity index is 841. The van der Waals surface area contributed by atoms with Crippen molar-refractivity contribution >= 4 is 34.1 Å². The molecule has 0 atom stereocenters. The molecule has 3 rings (SSSR count). The molecule has 0 fully saturated rings. The highest BCUT2D eigenvalue weighted by Gasteiger charge is 2.11. The third-order valence-corrected chi connectivity index (χ3v) is 3.10. The summed E-state index contributed by atoms with van der Waals surface area (Å²) in [5.41, 5.74) is 7.99. The van der Waals surface area contributed by atoms with Gasteiger partial charge in [0.2, 0.25) is 5.11 Å². The Kier molecular flexibility index (Phi) is 3.33. The van der Waals surface area contributed by atoms with Crippen molar-refractivity contribution in [1.82, 2.24) is 9.97 Å². The molecule has 0 aliphatic rings. The Morgan fingerprint density at radius 1 is 1.19 bits per heavy atom. The summed E-state index contributed by atoms with van der Waals surface area (Å²) in [6, 6.07) is 9.49. The number of hydrogen-bond acceptors (Lipinski definition) is 4. The predicted molar refractivity (Wildman–Crippen MR) is 84.5 cm³/mol. The van der Waals surface area contributed by atoms with E-state index in [4.69, 9.17) is 5.73 Å². The topological polar surface area (TPSA) is 99.7 Å². The van der Waals surface area contributed by atoms with Gasteiger partial charge in [0.15, 0.2) is 11.6 Å². The van der Waals surface area contributed by atoms with Crippen LogP contribution in [0.2, 0.25) is 0 Å². The molecule has 1 aromatic carbocycles. The first-order chi connectivity index (χ1) is 10.1. The van der Waals surface area contributed by atoms with Gasteiger partial charge in [-0.25, -0.2) is 0 Å². The van der Waals surface area contributed by atoms with Crippen molar-refractivity contribution in [2.24, 2.45) is 16.0 Å². The summed E-state index contributed by atoms with van der Waals surface area (Å²) in [6.45, 7) is 0. The number of thiocarbonyl (C=S) groups is 1. The van der Waals surface area contributed by atoms with Gasteiger partial charge in [-0.15, -0.1) is 10.2 Å². The predicted octanol–water partition coefficient (Wildman–Crippen LogP) is 3.26. The van der Waals surface area contributed by atoms with Crippen LogP contribution >= 0.6 is 12.2 Å². The Balaban J connectivity index is 2.10. The summed E-state index contributed by atoms with van der Waals surface area (Å²) >= 11 is 4.62. The molecule has 0 spiro atoms. The Labute approximate surface area is 125 Å². The first-order valence-corrected chi connectivity index (χ1v) is 6.52. The van der Waals surface area contributed by atoms with Crippen molar-refractivity contribution in [3.05, 3.63) is 42.7 Å². The number of nitrogens with zero attached hydrogens (tertiary/aromatic N) is 3. The lowest BCUT2D eigenvalue weighted by atomic mass is 10.1. The first kappa shape index (κ1) is 13.2. The summed E-state index contributed by atoms with van der Waals surface area (Å²) in [7, 11) is 0. The van der Waals surface area contributed by atoms with Crippen LogP contribution in [0, 0.1) is 0 Å². The van der Waals surface area contributed by atoms with Crippen LogP contribution in [0.3, 0.4) is 0 Å². The number of H-pyrrole nitrogens is 1. The van der Waals surface area contributed by atoms with Gasteiger partial charge in [0, 0.05) is 17.8 Å². The number of aromatic nitrogens is 2. The summed E-state index contributed by atoms with van der Waals surface area (Å²) in [6.07, 6.45) is 3.44. The Morgan fingerprint density at radius 2 is 1.95 bits per heavy atom. The van der Waals surface area contributed by atoms with Gasteiger partial charge < -0.3 is 15.8 Å². The van der Waals surface area contributed by atoms with Crippen LogP contribution in [0.1, 0.15) is 0 Å². The van der Waals surface area contributed by atoms with Gasteiger partial charge in [-0.05, 0) is 47.6 Å². The molecule has 0 amide bonds. The molecule has 6 nitrogen and oxygen atoms in total. The average molecular weight is 297 g/mol. The van der Waals surface area contributed by atoms with E-state index in [1.165, 1.54) is 0 Å². The monoisotopic (exact) mass is 297 g/mol.